The molecule has 0 bridgehead atoms. The molecule has 3 aromatic rings. The first-order valence-corrected chi connectivity index (χ1v) is 13.2. The Hall–Kier alpha value is -4.15. The molecular formula is C28H31N7O2S. The summed E-state index contributed by atoms with van der Waals surface area (Å²) in [6, 6.07) is 16.5. The van der Waals surface area contributed by atoms with Crippen molar-refractivity contribution < 1.29 is 9.53 Å². The van der Waals surface area contributed by atoms with Crippen LogP contribution in [0.3, 0.4) is 0 Å². The molecule has 10 heteroatoms. The van der Waals surface area contributed by atoms with Gasteiger partial charge in [0, 0.05) is 56.2 Å². The molecule has 1 aromatic carbocycles. The second kappa shape index (κ2) is 12.9. The second-order valence-electron chi connectivity index (χ2n) is 8.91. The van der Waals surface area contributed by atoms with E-state index in [2.05, 4.69) is 15.2 Å². The van der Waals surface area contributed by atoms with Gasteiger partial charge in [-0.05, 0) is 60.7 Å². The number of benzene rings is 1. The quantitative estimate of drug-likeness (QED) is 0.236. The number of amides is 1. The number of hydrogen-bond donors (Lipinski definition) is 4. The summed E-state index contributed by atoms with van der Waals surface area (Å²) in [6.07, 6.45) is 6.55. The number of nitrogens with zero attached hydrogens (tertiary/aromatic N) is 3. The number of carbonyl (C=O) groups is 1. The molecule has 0 atom stereocenters. The van der Waals surface area contributed by atoms with Crippen LogP contribution in [-0.4, -0.2) is 57.5 Å². The van der Waals surface area contributed by atoms with E-state index in [1.54, 1.807) is 47.6 Å². The van der Waals surface area contributed by atoms with Gasteiger partial charge >= 0.3 is 0 Å². The Kier molecular flexibility index (Phi) is 9.12. The molecule has 9 nitrogen and oxygen atoms in total. The van der Waals surface area contributed by atoms with E-state index in [0.29, 0.717) is 16.1 Å². The van der Waals surface area contributed by atoms with Crippen LogP contribution in [0.1, 0.15) is 40.7 Å². The zero-order chi connectivity index (χ0) is 26.9. The summed E-state index contributed by atoms with van der Waals surface area (Å²) in [4.78, 5) is 22.4. The Morgan fingerprint density at radius 2 is 1.97 bits per heavy atom. The number of hydrogen-bond acceptors (Lipinski definition) is 9. The Balaban J connectivity index is 1.42. The maximum Gasteiger partial charge on any atom is 0.269 e. The summed E-state index contributed by atoms with van der Waals surface area (Å²) in [7, 11) is 0. The second-order valence-corrected chi connectivity index (χ2v) is 9.86. The van der Waals surface area contributed by atoms with Crippen LogP contribution in [-0.2, 0) is 11.3 Å². The van der Waals surface area contributed by atoms with Gasteiger partial charge in [0.2, 0.25) is 5.90 Å². The fraction of sp³-hybridized carbons (Fsp3) is 0.250. The Labute approximate surface area is 226 Å². The molecule has 4 rings (SSSR count). The lowest BCUT2D eigenvalue weighted by Gasteiger charge is -2.37. The molecule has 1 amide bonds. The topological polar surface area (TPSA) is 129 Å². The Bertz CT molecular complexity index is 1300. The summed E-state index contributed by atoms with van der Waals surface area (Å²) in [6.45, 7) is 3.88. The van der Waals surface area contributed by atoms with Crippen molar-refractivity contribution >= 4 is 40.6 Å². The van der Waals surface area contributed by atoms with Gasteiger partial charge in [-0.15, -0.1) is 11.3 Å². The van der Waals surface area contributed by atoms with Crippen molar-refractivity contribution in [1.82, 2.24) is 14.8 Å². The summed E-state index contributed by atoms with van der Waals surface area (Å²) in [5.41, 5.74) is 2.25. The van der Waals surface area contributed by atoms with Gasteiger partial charge in [0.25, 0.3) is 5.91 Å². The predicted molar refractivity (Wildman–Crippen MR) is 151 cm³/mol. The van der Waals surface area contributed by atoms with Crippen molar-refractivity contribution in [2.45, 2.75) is 32.4 Å². The van der Waals surface area contributed by atoms with Crippen LogP contribution in [0, 0.1) is 16.2 Å². The first-order valence-electron chi connectivity index (χ1n) is 12.3. The highest BCUT2D eigenvalue weighted by Crippen LogP contribution is 2.23. The number of piperidine rings is 1. The van der Waals surface area contributed by atoms with Gasteiger partial charge in [-0.1, -0.05) is 18.2 Å². The van der Waals surface area contributed by atoms with Crippen molar-refractivity contribution in [2.75, 3.05) is 18.4 Å². The normalized spacial score (nSPS) is 14.2. The molecule has 0 saturated carbocycles. The fourth-order valence-electron chi connectivity index (χ4n) is 4.31. The fourth-order valence-corrected chi connectivity index (χ4v) is 4.97. The van der Waals surface area contributed by atoms with Gasteiger partial charge in [-0.25, -0.2) is 0 Å². The van der Waals surface area contributed by atoms with Crippen LogP contribution in [0.15, 0.2) is 78.5 Å². The molecular weight excluding hydrogens is 498 g/mol. The monoisotopic (exact) mass is 529 g/mol. The molecule has 0 spiro atoms. The number of thiophene rings is 1. The van der Waals surface area contributed by atoms with Crippen molar-refractivity contribution in [3.8, 4) is 0 Å². The molecule has 0 unspecified atom stereocenters. The van der Waals surface area contributed by atoms with E-state index in [9.17, 15) is 4.79 Å². The van der Waals surface area contributed by atoms with E-state index in [0.717, 1.165) is 38.2 Å². The molecule has 38 heavy (non-hydrogen) atoms. The highest BCUT2D eigenvalue weighted by Gasteiger charge is 2.31. The first kappa shape index (κ1) is 26.9. The number of nitrogens with one attached hydrogen (secondary N) is 4. The minimum Gasteiger partial charge on any atom is -0.426 e. The van der Waals surface area contributed by atoms with E-state index in [1.165, 1.54) is 18.3 Å². The molecule has 2 aromatic heterocycles. The van der Waals surface area contributed by atoms with Gasteiger partial charge in [0.1, 0.15) is 5.84 Å². The van der Waals surface area contributed by atoms with Crippen LogP contribution >= 0.6 is 11.3 Å². The summed E-state index contributed by atoms with van der Waals surface area (Å²) >= 11 is 1.38. The number of ether oxygens (including phenoxy) is 1. The number of carbonyl (C=O) groups excluding carboxylic acids is 1. The predicted octanol–water partition coefficient (Wildman–Crippen LogP) is 5.19. The average Bonchev–Trinajstić information content (AvgIpc) is 3.45. The third kappa shape index (κ3) is 7.21. The molecule has 1 aliphatic rings. The zero-order valence-corrected chi connectivity index (χ0v) is 22.0. The van der Waals surface area contributed by atoms with E-state index in [-0.39, 0.29) is 29.6 Å². The third-order valence-electron chi connectivity index (χ3n) is 6.12. The smallest absolute Gasteiger partial charge is 0.269 e. The highest BCUT2D eigenvalue weighted by atomic mass is 32.1. The standard InChI is InChI=1S/C28H31N7O2S/c1-20(29)37-27(31)21-6-4-8-22(18-21)33-14-10-26(30)35(28(36)25-9-5-17-38-25)24-11-15-34(16-12-24)19-23-7-2-3-13-32-23/h2-10,13-14,17-18,24,29-31,33H,11-12,15-16,19H2,1H3/b14-10-,29-20?,30-26?,31-27?. The minimum atomic E-state index is -0.160. The minimum absolute atomic E-state index is 0.0558. The van der Waals surface area contributed by atoms with Crippen LogP contribution in [0.4, 0.5) is 5.69 Å². The van der Waals surface area contributed by atoms with Crippen molar-refractivity contribution in [1.29, 1.82) is 16.2 Å². The first-order chi connectivity index (χ1) is 18.4. The SMILES string of the molecule is CC(=N)OC(=N)c1cccc(N/C=C\C(=N)N(C(=O)c2cccs2)C2CCN(Cc3ccccn3)CC2)c1. The Morgan fingerprint density at radius 1 is 1.16 bits per heavy atom. The molecule has 1 fully saturated rings. The number of pyridine rings is 1. The Morgan fingerprint density at radius 3 is 2.66 bits per heavy atom. The summed E-state index contributed by atoms with van der Waals surface area (Å²) in [5, 5.41) is 29.1. The molecule has 1 saturated heterocycles. The summed E-state index contributed by atoms with van der Waals surface area (Å²) < 4.78 is 5.07. The van der Waals surface area contributed by atoms with Gasteiger partial charge < -0.3 is 10.1 Å². The maximum absolute atomic E-state index is 13.4. The number of rotatable bonds is 8. The van der Waals surface area contributed by atoms with Crippen molar-refractivity contribution in [3.63, 3.8) is 0 Å². The van der Waals surface area contributed by atoms with Gasteiger partial charge in [0.15, 0.2) is 5.90 Å². The number of amidine groups is 1. The van der Waals surface area contributed by atoms with E-state index < -0.39 is 0 Å². The van der Waals surface area contributed by atoms with E-state index >= 15 is 0 Å². The van der Waals surface area contributed by atoms with Crippen LogP contribution < -0.4 is 5.32 Å². The lowest BCUT2D eigenvalue weighted by atomic mass is 10.0. The lowest BCUT2D eigenvalue weighted by molar-refractivity contribution is 0.0734. The van der Waals surface area contributed by atoms with Gasteiger partial charge in [-0.3, -0.25) is 35.8 Å². The summed E-state index contributed by atoms with van der Waals surface area (Å²) in [5.74, 6) is -0.210. The third-order valence-corrected chi connectivity index (χ3v) is 6.97. The molecule has 0 aliphatic carbocycles. The number of likely N-dealkylation sites (tertiary alicyclic amines) is 1. The van der Waals surface area contributed by atoms with Crippen molar-refractivity contribution in [3.05, 3.63) is 94.6 Å². The molecule has 196 valence electrons. The lowest BCUT2D eigenvalue weighted by Crippen LogP contribution is -2.49. The van der Waals surface area contributed by atoms with Gasteiger partial charge in [-0.2, -0.15) is 0 Å². The van der Waals surface area contributed by atoms with Gasteiger partial charge in [0.05, 0.1) is 10.6 Å². The number of anilines is 1. The van der Waals surface area contributed by atoms with E-state index in [1.807, 2.05) is 35.7 Å². The zero-order valence-electron chi connectivity index (χ0n) is 21.2. The van der Waals surface area contributed by atoms with E-state index in [4.69, 9.17) is 21.0 Å². The molecule has 3 heterocycles. The highest BCUT2D eigenvalue weighted by molar-refractivity contribution is 7.12. The number of aromatic nitrogens is 1. The van der Waals surface area contributed by atoms with Crippen LogP contribution in [0.2, 0.25) is 0 Å². The largest absolute Gasteiger partial charge is 0.426 e. The van der Waals surface area contributed by atoms with Crippen LogP contribution in [0.5, 0.6) is 0 Å². The molecule has 0 radical (unpaired) electrons. The molecule has 1 aliphatic heterocycles. The average molecular weight is 530 g/mol. The maximum atomic E-state index is 13.4. The molecule has 4 N–H and O–H groups in total. The van der Waals surface area contributed by atoms with Crippen LogP contribution in [0.25, 0.3) is 0 Å². The van der Waals surface area contributed by atoms with Crippen molar-refractivity contribution in [2.24, 2.45) is 0 Å².